The molecule has 0 saturated heterocycles. The summed E-state index contributed by atoms with van der Waals surface area (Å²) in [6, 6.07) is 5.33. The maximum absolute atomic E-state index is 6.62. The summed E-state index contributed by atoms with van der Waals surface area (Å²) < 4.78 is 6.05. The molecule has 0 bridgehead atoms. The Hall–Kier alpha value is -0.933. The molecule has 0 aliphatic rings. The molecule has 0 unspecified atom stereocenters. The zero-order valence-electron chi connectivity index (χ0n) is 15.1. The van der Waals surface area contributed by atoms with Crippen LogP contribution in [0.15, 0.2) is 24.8 Å². The molecule has 1 aromatic rings. The standard InChI is InChI=1S/C18H30ClNOSi/c1-9-10-21-17-14(13-22(7,8)19)11-15(20(5)6)12-16(17)18(2,3)4/h9,11-12H,1,10,13H2,2-8H3. The van der Waals surface area contributed by atoms with Crippen molar-refractivity contribution >= 4 is 24.2 Å². The monoisotopic (exact) mass is 339 g/mol. The number of benzene rings is 1. The Morgan fingerprint density at radius 2 is 1.86 bits per heavy atom. The van der Waals surface area contributed by atoms with Gasteiger partial charge in [-0.05, 0) is 29.2 Å². The molecule has 1 rings (SSSR count). The van der Waals surface area contributed by atoms with E-state index in [-0.39, 0.29) is 5.41 Å². The van der Waals surface area contributed by atoms with Crippen molar-refractivity contribution in [2.75, 3.05) is 25.6 Å². The van der Waals surface area contributed by atoms with Crippen molar-refractivity contribution in [1.29, 1.82) is 0 Å². The summed E-state index contributed by atoms with van der Waals surface area (Å²) in [5, 5.41) is 0. The number of halogens is 1. The van der Waals surface area contributed by atoms with Gasteiger partial charge in [-0.1, -0.05) is 46.5 Å². The van der Waals surface area contributed by atoms with E-state index in [0.717, 1.165) is 11.8 Å². The molecule has 1 aromatic carbocycles. The van der Waals surface area contributed by atoms with Crippen LogP contribution in [0.25, 0.3) is 0 Å². The zero-order valence-corrected chi connectivity index (χ0v) is 16.8. The highest BCUT2D eigenvalue weighted by atomic mass is 35.6. The van der Waals surface area contributed by atoms with Gasteiger partial charge >= 0.3 is 0 Å². The summed E-state index contributed by atoms with van der Waals surface area (Å²) in [4.78, 5) is 2.14. The van der Waals surface area contributed by atoms with Gasteiger partial charge in [-0.25, -0.2) is 0 Å². The molecule has 0 aromatic heterocycles. The number of nitrogens with zero attached hydrogens (tertiary/aromatic N) is 1. The molecular formula is C18H30ClNOSi. The van der Waals surface area contributed by atoms with Gasteiger partial charge in [-0.15, -0.1) is 0 Å². The SMILES string of the molecule is C=CCOc1c(C[Si](C)(C)Cl)cc(N(C)C)cc1C(C)(C)C. The minimum Gasteiger partial charge on any atom is -0.489 e. The summed E-state index contributed by atoms with van der Waals surface area (Å²) >= 11 is 6.62. The van der Waals surface area contributed by atoms with Crippen LogP contribution < -0.4 is 9.64 Å². The van der Waals surface area contributed by atoms with E-state index >= 15 is 0 Å². The van der Waals surface area contributed by atoms with Crippen molar-refractivity contribution in [3.63, 3.8) is 0 Å². The summed E-state index contributed by atoms with van der Waals surface area (Å²) in [5.74, 6) is 0.985. The van der Waals surface area contributed by atoms with E-state index in [1.807, 2.05) is 0 Å². The number of rotatable bonds is 6. The molecule has 0 fully saturated rings. The van der Waals surface area contributed by atoms with E-state index in [1.165, 1.54) is 16.8 Å². The summed E-state index contributed by atoms with van der Waals surface area (Å²) in [7, 11) is 2.38. The van der Waals surface area contributed by atoms with Crippen LogP contribution in [-0.2, 0) is 11.5 Å². The topological polar surface area (TPSA) is 12.5 Å². The lowest BCUT2D eigenvalue weighted by Gasteiger charge is -2.28. The fraction of sp³-hybridized carbons (Fsp3) is 0.556. The molecule has 0 heterocycles. The second kappa shape index (κ2) is 7.09. The van der Waals surface area contributed by atoms with Gasteiger partial charge in [0.15, 0.2) is 7.38 Å². The molecule has 0 saturated carbocycles. The third-order valence-electron chi connectivity index (χ3n) is 3.43. The van der Waals surface area contributed by atoms with E-state index in [0.29, 0.717) is 6.61 Å². The van der Waals surface area contributed by atoms with Crippen LogP contribution in [0.2, 0.25) is 13.1 Å². The molecule has 0 spiro atoms. The zero-order chi connectivity index (χ0) is 17.1. The van der Waals surface area contributed by atoms with E-state index < -0.39 is 7.38 Å². The molecule has 0 radical (unpaired) electrons. The Labute approximate surface area is 141 Å². The van der Waals surface area contributed by atoms with Crippen LogP contribution in [0.3, 0.4) is 0 Å². The summed E-state index contributed by atoms with van der Waals surface area (Å²) in [6.45, 7) is 15.3. The first kappa shape index (κ1) is 19.1. The van der Waals surface area contributed by atoms with Gasteiger partial charge in [0, 0.05) is 25.3 Å². The molecule has 2 nitrogen and oxygen atoms in total. The predicted octanol–water partition coefficient (Wildman–Crippen LogP) is 5.14. The third kappa shape index (κ3) is 5.36. The second-order valence-electron chi connectivity index (χ2n) is 7.62. The Bertz CT molecular complexity index is 527. The molecule has 4 heteroatoms. The summed E-state index contributed by atoms with van der Waals surface area (Å²) in [6.07, 6.45) is 1.79. The number of anilines is 1. The number of hydrogen-bond acceptors (Lipinski definition) is 2. The molecule has 0 amide bonds. The summed E-state index contributed by atoms with van der Waals surface area (Å²) in [5.41, 5.74) is 3.64. The molecule has 22 heavy (non-hydrogen) atoms. The Balaban J connectivity index is 3.53. The minimum atomic E-state index is -1.76. The average Bonchev–Trinajstić information content (AvgIpc) is 2.33. The molecular weight excluding hydrogens is 310 g/mol. The number of ether oxygens (including phenoxy) is 1. The van der Waals surface area contributed by atoms with Crippen molar-refractivity contribution in [2.45, 2.75) is 45.3 Å². The molecule has 0 aliphatic heterocycles. The molecule has 124 valence electrons. The van der Waals surface area contributed by atoms with Crippen LogP contribution in [0.1, 0.15) is 31.9 Å². The Morgan fingerprint density at radius 3 is 2.27 bits per heavy atom. The number of hydrogen-bond donors (Lipinski definition) is 0. The van der Waals surface area contributed by atoms with Crippen molar-refractivity contribution in [2.24, 2.45) is 0 Å². The maximum Gasteiger partial charge on any atom is 0.154 e. The van der Waals surface area contributed by atoms with Gasteiger partial charge in [0.25, 0.3) is 0 Å². The minimum absolute atomic E-state index is 0.00921. The highest BCUT2D eigenvalue weighted by molar-refractivity contribution is 7.18. The molecule has 0 aliphatic carbocycles. The average molecular weight is 340 g/mol. The van der Waals surface area contributed by atoms with Crippen LogP contribution in [0, 0.1) is 0 Å². The van der Waals surface area contributed by atoms with E-state index in [9.17, 15) is 0 Å². The van der Waals surface area contributed by atoms with Gasteiger partial charge < -0.3 is 9.64 Å². The largest absolute Gasteiger partial charge is 0.489 e. The van der Waals surface area contributed by atoms with Gasteiger partial charge in [0.2, 0.25) is 0 Å². The fourth-order valence-electron chi connectivity index (χ4n) is 2.38. The lowest BCUT2D eigenvalue weighted by Crippen LogP contribution is -2.24. The smallest absolute Gasteiger partial charge is 0.154 e. The van der Waals surface area contributed by atoms with Crippen LogP contribution in [0.4, 0.5) is 5.69 Å². The van der Waals surface area contributed by atoms with Crippen LogP contribution >= 0.6 is 11.1 Å². The van der Waals surface area contributed by atoms with Crippen molar-refractivity contribution < 1.29 is 4.74 Å². The Kier molecular flexibility index (Phi) is 6.16. The van der Waals surface area contributed by atoms with E-state index in [2.05, 4.69) is 71.6 Å². The predicted molar refractivity (Wildman–Crippen MR) is 102 cm³/mol. The van der Waals surface area contributed by atoms with Gasteiger partial charge in [0.05, 0.1) is 0 Å². The maximum atomic E-state index is 6.62. The first-order chi connectivity index (χ1) is 9.95. The first-order valence-corrected chi connectivity index (χ1v) is 11.9. The second-order valence-corrected chi connectivity index (χ2v) is 14.5. The van der Waals surface area contributed by atoms with Crippen LogP contribution in [-0.4, -0.2) is 28.1 Å². The van der Waals surface area contributed by atoms with Crippen LogP contribution in [0.5, 0.6) is 5.75 Å². The highest BCUT2D eigenvalue weighted by Gasteiger charge is 2.27. The fourth-order valence-corrected chi connectivity index (χ4v) is 3.98. The van der Waals surface area contributed by atoms with Gasteiger partial charge in [-0.2, -0.15) is 11.1 Å². The molecule has 0 N–H and O–H groups in total. The third-order valence-corrected chi connectivity index (χ3v) is 5.05. The molecule has 0 atom stereocenters. The lowest BCUT2D eigenvalue weighted by atomic mass is 9.84. The van der Waals surface area contributed by atoms with Crippen molar-refractivity contribution in [1.82, 2.24) is 0 Å². The van der Waals surface area contributed by atoms with E-state index in [4.69, 9.17) is 15.8 Å². The van der Waals surface area contributed by atoms with Gasteiger partial charge in [0.1, 0.15) is 12.4 Å². The normalized spacial score (nSPS) is 12.2. The van der Waals surface area contributed by atoms with Gasteiger partial charge in [-0.3, -0.25) is 0 Å². The first-order valence-electron chi connectivity index (χ1n) is 7.73. The lowest BCUT2D eigenvalue weighted by molar-refractivity contribution is 0.348. The Morgan fingerprint density at radius 1 is 1.27 bits per heavy atom. The van der Waals surface area contributed by atoms with E-state index in [1.54, 1.807) is 6.08 Å². The van der Waals surface area contributed by atoms with Crippen molar-refractivity contribution in [3.8, 4) is 5.75 Å². The highest BCUT2D eigenvalue weighted by Crippen LogP contribution is 2.39. The van der Waals surface area contributed by atoms with Crippen molar-refractivity contribution in [3.05, 3.63) is 35.9 Å². The quantitative estimate of drug-likeness (QED) is 0.404.